The monoisotopic (exact) mass is 351 g/mol. The second-order valence-corrected chi connectivity index (χ2v) is 5.83. The second-order valence-electron chi connectivity index (χ2n) is 5.83. The Balaban J connectivity index is 1.67. The molecule has 3 aromatic rings. The number of amides is 1. The van der Waals surface area contributed by atoms with Crippen LogP contribution in [-0.4, -0.2) is 23.3 Å². The smallest absolute Gasteiger partial charge is 0.262 e. The molecule has 5 nitrogen and oxygen atoms in total. The van der Waals surface area contributed by atoms with Gasteiger partial charge in [0.05, 0.1) is 6.21 Å². The maximum atomic E-state index is 12.9. The number of benzene rings is 3. The first-order valence-electron chi connectivity index (χ1n) is 8.10. The molecule has 0 aromatic heterocycles. The highest BCUT2D eigenvalue weighted by molar-refractivity contribution is 6.02. The molecule has 1 amide bonds. The molecule has 3 N–H and O–H groups in total. The first-order valence-corrected chi connectivity index (χ1v) is 8.10. The van der Waals surface area contributed by atoms with Gasteiger partial charge in [-0.15, -0.1) is 0 Å². The average molecular weight is 351 g/mol. The van der Waals surface area contributed by atoms with Crippen LogP contribution in [0.1, 0.15) is 12.5 Å². The number of phenols is 1. The molecule has 0 fully saturated rings. The lowest BCUT2D eigenvalue weighted by molar-refractivity contribution is -0.121. The SMILES string of the molecule is C[C@H](Nc1ccc(F)cc1)C(=O)N/N=C\c1c(O)ccc2ccccc12. The summed E-state index contributed by atoms with van der Waals surface area (Å²) in [6.07, 6.45) is 1.42. The first kappa shape index (κ1) is 17.4. The fourth-order valence-electron chi connectivity index (χ4n) is 2.54. The highest BCUT2D eigenvalue weighted by atomic mass is 19.1. The number of aromatic hydroxyl groups is 1. The molecular formula is C20H18FN3O2. The number of nitrogens with one attached hydrogen (secondary N) is 2. The van der Waals surface area contributed by atoms with Crippen molar-refractivity contribution in [2.24, 2.45) is 5.10 Å². The van der Waals surface area contributed by atoms with E-state index in [-0.39, 0.29) is 17.5 Å². The summed E-state index contributed by atoms with van der Waals surface area (Å²) in [7, 11) is 0. The topological polar surface area (TPSA) is 73.7 Å². The van der Waals surface area contributed by atoms with Gasteiger partial charge in [0.25, 0.3) is 5.91 Å². The fourth-order valence-corrected chi connectivity index (χ4v) is 2.54. The van der Waals surface area contributed by atoms with Crippen LogP contribution in [0, 0.1) is 5.82 Å². The minimum atomic E-state index is -0.571. The lowest BCUT2D eigenvalue weighted by Gasteiger charge is -2.13. The van der Waals surface area contributed by atoms with Crippen molar-refractivity contribution in [1.82, 2.24) is 5.43 Å². The third-order valence-electron chi connectivity index (χ3n) is 3.94. The predicted octanol–water partition coefficient (Wildman–Crippen LogP) is 3.64. The van der Waals surface area contributed by atoms with Gasteiger partial charge < -0.3 is 10.4 Å². The number of rotatable bonds is 5. The van der Waals surface area contributed by atoms with Gasteiger partial charge in [0.2, 0.25) is 0 Å². The Bertz CT molecular complexity index is 955. The van der Waals surface area contributed by atoms with Crippen LogP contribution in [0.4, 0.5) is 10.1 Å². The number of hydrogen-bond donors (Lipinski definition) is 3. The summed E-state index contributed by atoms with van der Waals surface area (Å²) in [6.45, 7) is 1.67. The summed E-state index contributed by atoms with van der Waals surface area (Å²) in [5, 5.41) is 18.8. The summed E-state index contributed by atoms with van der Waals surface area (Å²) in [4.78, 5) is 12.1. The maximum absolute atomic E-state index is 12.9. The number of carbonyl (C=O) groups excluding carboxylic acids is 1. The van der Waals surface area contributed by atoms with Crippen LogP contribution in [0.5, 0.6) is 5.75 Å². The molecule has 0 radical (unpaired) electrons. The molecule has 3 rings (SSSR count). The first-order chi connectivity index (χ1) is 12.5. The summed E-state index contributed by atoms with van der Waals surface area (Å²) in [5.74, 6) is -0.614. The summed E-state index contributed by atoms with van der Waals surface area (Å²) in [5.41, 5.74) is 3.60. The molecule has 0 saturated carbocycles. The van der Waals surface area contributed by atoms with Gasteiger partial charge >= 0.3 is 0 Å². The molecule has 3 aromatic carbocycles. The van der Waals surface area contributed by atoms with Crippen molar-refractivity contribution in [1.29, 1.82) is 0 Å². The van der Waals surface area contributed by atoms with Gasteiger partial charge in [-0.05, 0) is 48.0 Å². The lowest BCUT2D eigenvalue weighted by Crippen LogP contribution is -2.34. The van der Waals surface area contributed by atoms with Crippen LogP contribution in [0.25, 0.3) is 10.8 Å². The Morgan fingerprint density at radius 1 is 1.12 bits per heavy atom. The molecule has 1 atom stereocenters. The van der Waals surface area contributed by atoms with Crippen LogP contribution in [0.3, 0.4) is 0 Å². The van der Waals surface area contributed by atoms with Crippen molar-refractivity contribution in [2.45, 2.75) is 13.0 Å². The zero-order chi connectivity index (χ0) is 18.5. The molecule has 26 heavy (non-hydrogen) atoms. The zero-order valence-corrected chi connectivity index (χ0v) is 14.1. The molecule has 0 spiro atoms. The Morgan fingerprint density at radius 2 is 1.85 bits per heavy atom. The molecule has 0 aliphatic heterocycles. The van der Waals surface area contributed by atoms with Crippen LogP contribution in [-0.2, 0) is 4.79 Å². The summed E-state index contributed by atoms with van der Waals surface area (Å²) < 4.78 is 12.9. The lowest BCUT2D eigenvalue weighted by atomic mass is 10.0. The van der Waals surface area contributed by atoms with Crippen LogP contribution >= 0.6 is 0 Å². The number of hydrazone groups is 1. The number of fused-ring (bicyclic) bond motifs is 1. The van der Waals surface area contributed by atoms with Crippen molar-refractivity contribution < 1.29 is 14.3 Å². The highest BCUT2D eigenvalue weighted by Crippen LogP contribution is 2.25. The number of halogens is 1. The van der Waals surface area contributed by atoms with Crippen molar-refractivity contribution in [3.05, 3.63) is 72.0 Å². The van der Waals surface area contributed by atoms with E-state index in [1.54, 1.807) is 25.1 Å². The van der Waals surface area contributed by atoms with Gasteiger partial charge in [0.15, 0.2) is 0 Å². The molecular weight excluding hydrogens is 333 g/mol. The Kier molecular flexibility index (Phi) is 5.12. The van der Waals surface area contributed by atoms with E-state index in [1.807, 2.05) is 30.3 Å². The van der Waals surface area contributed by atoms with Crippen molar-refractivity contribution in [3.8, 4) is 5.75 Å². The molecule has 0 unspecified atom stereocenters. The van der Waals surface area contributed by atoms with Gasteiger partial charge in [-0.1, -0.05) is 30.3 Å². The Morgan fingerprint density at radius 3 is 2.62 bits per heavy atom. The number of hydrogen-bond acceptors (Lipinski definition) is 4. The Hall–Kier alpha value is -3.41. The molecule has 0 aliphatic carbocycles. The van der Waals surface area contributed by atoms with Crippen molar-refractivity contribution in [2.75, 3.05) is 5.32 Å². The van der Waals surface area contributed by atoms with Crippen molar-refractivity contribution in [3.63, 3.8) is 0 Å². The minimum absolute atomic E-state index is 0.0826. The van der Waals surface area contributed by atoms with Crippen LogP contribution in [0.2, 0.25) is 0 Å². The van der Waals surface area contributed by atoms with Crippen LogP contribution in [0.15, 0.2) is 65.8 Å². The third kappa shape index (κ3) is 3.97. The van der Waals surface area contributed by atoms with Gasteiger partial charge in [0, 0.05) is 11.3 Å². The molecule has 0 bridgehead atoms. The molecule has 132 valence electrons. The number of phenolic OH excluding ortho intramolecular Hbond substituents is 1. The molecule has 0 heterocycles. The van der Waals surface area contributed by atoms with E-state index < -0.39 is 6.04 Å². The van der Waals surface area contributed by atoms with Gasteiger partial charge in [-0.2, -0.15) is 5.10 Å². The normalized spacial score (nSPS) is 12.2. The number of carbonyl (C=O) groups is 1. The summed E-state index contributed by atoms with van der Waals surface area (Å²) in [6, 6.07) is 16.1. The van der Waals surface area contributed by atoms with E-state index in [0.717, 1.165) is 10.8 Å². The van der Waals surface area contributed by atoms with E-state index in [4.69, 9.17) is 0 Å². The Labute approximate surface area is 150 Å². The summed E-state index contributed by atoms with van der Waals surface area (Å²) >= 11 is 0. The number of anilines is 1. The van der Waals surface area contributed by atoms with Crippen LogP contribution < -0.4 is 10.7 Å². The average Bonchev–Trinajstić information content (AvgIpc) is 2.65. The van der Waals surface area contributed by atoms with E-state index in [2.05, 4.69) is 15.8 Å². The molecule has 0 saturated heterocycles. The minimum Gasteiger partial charge on any atom is -0.507 e. The quantitative estimate of drug-likeness (QED) is 0.485. The van der Waals surface area contributed by atoms with E-state index in [9.17, 15) is 14.3 Å². The van der Waals surface area contributed by atoms with Gasteiger partial charge in [0.1, 0.15) is 17.6 Å². The third-order valence-corrected chi connectivity index (χ3v) is 3.94. The van der Waals surface area contributed by atoms with Gasteiger partial charge in [-0.3, -0.25) is 4.79 Å². The maximum Gasteiger partial charge on any atom is 0.262 e. The molecule has 6 heteroatoms. The predicted molar refractivity (Wildman–Crippen MR) is 101 cm³/mol. The van der Waals surface area contributed by atoms with E-state index in [1.165, 1.54) is 18.3 Å². The largest absolute Gasteiger partial charge is 0.507 e. The standard InChI is InChI=1S/C20H18FN3O2/c1-13(23-16-9-7-15(21)8-10-16)20(26)24-22-12-18-17-5-3-2-4-14(17)6-11-19(18)25/h2-13,23,25H,1H3,(H,24,26)/b22-12-/t13-/m0/s1. The number of nitrogens with zero attached hydrogens (tertiary/aromatic N) is 1. The zero-order valence-electron chi connectivity index (χ0n) is 14.1. The fraction of sp³-hybridized carbons (Fsp3) is 0.100. The van der Waals surface area contributed by atoms with E-state index in [0.29, 0.717) is 11.3 Å². The van der Waals surface area contributed by atoms with E-state index >= 15 is 0 Å². The molecule has 0 aliphatic rings. The van der Waals surface area contributed by atoms with Gasteiger partial charge in [-0.25, -0.2) is 9.82 Å². The second kappa shape index (κ2) is 7.65. The van der Waals surface area contributed by atoms with Crippen molar-refractivity contribution >= 4 is 28.6 Å². The highest BCUT2D eigenvalue weighted by Gasteiger charge is 2.12.